The first-order chi connectivity index (χ1) is 20.0. The Morgan fingerprint density at radius 3 is 2.29 bits per heavy atom. The first-order valence-corrected chi connectivity index (χ1v) is 15.8. The summed E-state index contributed by atoms with van der Waals surface area (Å²) in [7, 11) is 3.25. The van der Waals surface area contributed by atoms with Crippen molar-refractivity contribution in [2.24, 2.45) is 0 Å². The third-order valence-corrected chi connectivity index (χ3v) is 8.86. The van der Waals surface area contributed by atoms with E-state index in [1.165, 1.54) is 12.0 Å². The zero-order chi connectivity index (χ0) is 29.0. The number of carbonyl (C=O) groups excluding carboxylic acids is 2. The third kappa shape index (κ3) is 8.59. The number of hydrogen-bond donors (Lipinski definition) is 0. The fourth-order valence-electron chi connectivity index (χ4n) is 5.55. The Balaban J connectivity index is 1.52. The fraction of sp³-hybridized carbons (Fsp3) is 0.471. The number of carbonyl (C=O) groups is 2. The largest absolute Gasteiger partial charge is 0.493 e. The Labute approximate surface area is 249 Å². The number of aryl methyl sites for hydroxylation is 1. The van der Waals surface area contributed by atoms with Gasteiger partial charge in [0.05, 0.1) is 20.8 Å². The van der Waals surface area contributed by atoms with Gasteiger partial charge >= 0.3 is 0 Å². The molecule has 1 aliphatic carbocycles. The third-order valence-electron chi connectivity index (χ3n) is 8.00. The molecule has 3 aromatic rings. The molecule has 1 heterocycles. The van der Waals surface area contributed by atoms with Crippen molar-refractivity contribution in [2.75, 3.05) is 27.3 Å². The molecule has 41 heavy (non-hydrogen) atoms. The lowest BCUT2D eigenvalue weighted by atomic mass is 9.93. The number of thiophene rings is 1. The molecule has 0 atom stereocenters. The van der Waals surface area contributed by atoms with Crippen molar-refractivity contribution in [2.45, 2.75) is 77.3 Å². The number of hydrogen-bond acceptors (Lipinski definition) is 5. The van der Waals surface area contributed by atoms with Crippen LogP contribution in [-0.4, -0.2) is 55.0 Å². The molecule has 4 rings (SSSR count). The zero-order valence-corrected chi connectivity index (χ0v) is 25.6. The molecule has 0 spiro atoms. The average molecular weight is 577 g/mol. The predicted octanol–water partition coefficient (Wildman–Crippen LogP) is 7.15. The molecular formula is C34H44N2O4S. The summed E-state index contributed by atoms with van der Waals surface area (Å²) >= 11 is 1.65. The van der Waals surface area contributed by atoms with Gasteiger partial charge in [0.15, 0.2) is 11.5 Å². The van der Waals surface area contributed by atoms with Crippen molar-refractivity contribution in [3.05, 3.63) is 81.5 Å². The maximum absolute atomic E-state index is 14.0. The maximum atomic E-state index is 14.0. The summed E-state index contributed by atoms with van der Waals surface area (Å²) in [6.07, 6.45) is 9.25. The standard InChI is InChI=1S/C34H44N2O4S/c1-4-5-10-26-14-17-28(18-15-26)34(38)36(29-11-7-6-8-12-29)25-33(37)35(24-30-13-9-22-41-30)21-20-27-16-19-31(39-2)32(23-27)40-3/h9,13-19,22-23,29H,4-8,10-12,20-21,24-25H2,1-3H3. The van der Waals surface area contributed by atoms with E-state index in [1.807, 2.05) is 51.6 Å². The highest BCUT2D eigenvalue weighted by Gasteiger charge is 2.30. The van der Waals surface area contributed by atoms with Crippen LogP contribution in [0.25, 0.3) is 0 Å². The number of rotatable bonds is 14. The van der Waals surface area contributed by atoms with E-state index in [0.717, 1.165) is 55.4 Å². The van der Waals surface area contributed by atoms with Crippen molar-refractivity contribution >= 4 is 23.2 Å². The van der Waals surface area contributed by atoms with E-state index in [1.54, 1.807) is 25.6 Å². The van der Waals surface area contributed by atoms with Gasteiger partial charge in [-0.3, -0.25) is 9.59 Å². The van der Waals surface area contributed by atoms with Crippen molar-refractivity contribution in [1.29, 1.82) is 0 Å². The molecule has 1 aromatic heterocycles. The van der Waals surface area contributed by atoms with Crippen LogP contribution in [0.5, 0.6) is 11.5 Å². The van der Waals surface area contributed by atoms with E-state index in [4.69, 9.17) is 9.47 Å². The number of benzene rings is 2. The van der Waals surface area contributed by atoms with Gasteiger partial charge < -0.3 is 19.3 Å². The lowest BCUT2D eigenvalue weighted by Crippen LogP contribution is -2.48. The number of methoxy groups -OCH3 is 2. The van der Waals surface area contributed by atoms with Gasteiger partial charge in [-0.1, -0.05) is 56.9 Å². The van der Waals surface area contributed by atoms with Gasteiger partial charge in [-0.15, -0.1) is 11.3 Å². The van der Waals surface area contributed by atoms with Gasteiger partial charge in [0.2, 0.25) is 5.91 Å². The van der Waals surface area contributed by atoms with Gasteiger partial charge in [-0.2, -0.15) is 0 Å². The van der Waals surface area contributed by atoms with Crippen molar-refractivity contribution < 1.29 is 19.1 Å². The SMILES string of the molecule is CCCCc1ccc(C(=O)N(CC(=O)N(CCc2ccc(OC)c(OC)c2)Cc2cccs2)C2CCCCC2)cc1. The highest BCUT2D eigenvalue weighted by atomic mass is 32.1. The molecule has 2 aromatic carbocycles. The topological polar surface area (TPSA) is 59.1 Å². The van der Waals surface area contributed by atoms with Crippen LogP contribution in [0.2, 0.25) is 0 Å². The van der Waals surface area contributed by atoms with Gasteiger partial charge in [0.1, 0.15) is 6.54 Å². The molecule has 0 radical (unpaired) electrons. The molecule has 6 nitrogen and oxygen atoms in total. The van der Waals surface area contributed by atoms with E-state index in [9.17, 15) is 9.59 Å². The monoisotopic (exact) mass is 576 g/mol. The molecule has 0 unspecified atom stereocenters. The van der Waals surface area contributed by atoms with Crippen LogP contribution in [0.3, 0.4) is 0 Å². The minimum atomic E-state index is -0.0387. The molecule has 0 saturated heterocycles. The zero-order valence-electron chi connectivity index (χ0n) is 24.8. The summed E-state index contributed by atoms with van der Waals surface area (Å²) in [5.74, 6) is 1.30. The smallest absolute Gasteiger partial charge is 0.254 e. The number of unbranched alkanes of at least 4 members (excludes halogenated alkanes) is 1. The van der Waals surface area contributed by atoms with Gasteiger partial charge in [0, 0.05) is 23.0 Å². The van der Waals surface area contributed by atoms with Gasteiger partial charge in [-0.25, -0.2) is 0 Å². The first-order valence-electron chi connectivity index (χ1n) is 14.9. The van der Waals surface area contributed by atoms with E-state index in [2.05, 4.69) is 25.1 Å². The van der Waals surface area contributed by atoms with Gasteiger partial charge in [0.25, 0.3) is 5.91 Å². The van der Waals surface area contributed by atoms with Crippen LogP contribution in [-0.2, 0) is 24.2 Å². The van der Waals surface area contributed by atoms with Crippen LogP contribution in [0.1, 0.15) is 78.2 Å². The van der Waals surface area contributed by atoms with Gasteiger partial charge in [-0.05, 0) is 78.9 Å². The Kier molecular flexibility index (Phi) is 11.7. The van der Waals surface area contributed by atoms with E-state index in [-0.39, 0.29) is 24.4 Å². The molecule has 0 bridgehead atoms. The van der Waals surface area contributed by atoms with Crippen LogP contribution in [0.15, 0.2) is 60.0 Å². The quantitative estimate of drug-likeness (QED) is 0.204. The Bertz CT molecular complexity index is 1240. The molecule has 1 saturated carbocycles. The molecule has 1 aliphatic rings. The molecule has 1 fully saturated rings. The average Bonchev–Trinajstić information content (AvgIpc) is 3.54. The van der Waals surface area contributed by atoms with Crippen molar-refractivity contribution in [1.82, 2.24) is 9.80 Å². The number of ether oxygens (including phenoxy) is 2. The number of amides is 2. The highest BCUT2D eigenvalue weighted by molar-refractivity contribution is 7.09. The minimum absolute atomic E-state index is 0.0163. The lowest BCUT2D eigenvalue weighted by Gasteiger charge is -2.35. The molecule has 220 valence electrons. The maximum Gasteiger partial charge on any atom is 0.254 e. The highest BCUT2D eigenvalue weighted by Crippen LogP contribution is 2.28. The predicted molar refractivity (Wildman–Crippen MR) is 166 cm³/mol. The minimum Gasteiger partial charge on any atom is -0.493 e. The molecule has 0 N–H and O–H groups in total. The van der Waals surface area contributed by atoms with E-state index in [0.29, 0.717) is 36.6 Å². The summed E-state index contributed by atoms with van der Waals surface area (Å²) in [5.41, 5.74) is 2.98. The molecule has 7 heteroatoms. The second-order valence-electron chi connectivity index (χ2n) is 10.9. The summed E-state index contributed by atoms with van der Waals surface area (Å²) in [6, 6.07) is 18.1. The van der Waals surface area contributed by atoms with E-state index >= 15 is 0 Å². The van der Waals surface area contributed by atoms with Crippen molar-refractivity contribution in [3.63, 3.8) is 0 Å². The summed E-state index contributed by atoms with van der Waals surface area (Å²) < 4.78 is 10.9. The normalized spacial score (nSPS) is 13.5. The first kappa shape index (κ1) is 30.6. The Hall–Kier alpha value is -3.32. The molecule has 0 aliphatic heterocycles. The molecular weight excluding hydrogens is 532 g/mol. The van der Waals surface area contributed by atoms with Crippen LogP contribution in [0, 0.1) is 0 Å². The van der Waals surface area contributed by atoms with E-state index < -0.39 is 0 Å². The number of nitrogens with zero attached hydrogens (tertiary/aromatic N) is 2. The summed E-state index contributed by atoms with van der Waals surface area (Å²) in [6.45, 7) is 3.36. The Morgan fingerprint density at radius 1 is 0.902 bits per heavy atom. The summed E-state index contributed by atoms with van der Waals surface area (Å²) in [5, 5.41) is 2.04. The lowest BCUT2D eigenvalue weighted by molar-refractivity contribution is -0.133. The van der Waals surface area contributed by atoms with Crippen LogP contribution < -0.4 is 9.47 Å². The fourth-order valence-corrected chi connectivity index (χ4v) is 6.27. The molecule has 2 amide bonds. The summed E-state index contributed by atoms with van der Waals surface area (Å²) in [4.78, 5) is 32.7. The van der Waals surface area contributed by atoms with Crippen molar-refractivity contribution in [3.8, 4) is 11.5 Å². The second kappa shape index (κ2) is 15.6. The second-order valence-corrected chi connectivity index (χ2v) is 11.9. The Morgan fingerprint density at radius 2 is 1.63 bits per heavy atom. The van der Waals surface area contributed by atoms with Crippen LogP contribution in [0.4, 0.5) is 0 Å². The van der Waals surface area contributed by atoms with Crippen LogP contribution >= 0.6 is 11.3 Å².